The maximum atomic E-state index is 9.93. The monoisotopic (exact) mass is 268 g/mol. The summed E-state index contributed by atoms with van der Waals surface area (Å²) >= 11 is 0. The second-order valence-corrected chi connectivity index (χ2v) is 6.61. The summed E-state index contributed by atoms with van der Waals surface area (Å²) in [6, 6.07) is 0.652. The van der Waals surface area contributed by atoms with Gasteiger partial charge in [-0.15, -0.1) is 0 Å². The number of likely N-dealkylation sites (tertiary alicyclic amines) is 1. The molecular weight excluding hydrogens is 236 g/mol. The third-order valence-electron chi connectivity index (χ3n) is 4.99. The Morgan fingerprint density at radius 3 is 2.58 bits per heavy atom. The summed E-state index contributed by atoms with van der Waals surface area (Å²) < 4.78 is 0. The van der Waals surface area contributed by atoms with Crippen LogP contribution in [-0.2, 0) is 0 Å². The molecule has 0 aromatic heterocycles. The molecule has 2 N–H and O–H groups in total. The summed E-state index contributed by atoms with van der Waals surface area (Å²) in [5.41, 5.74) is 0.00446. The lowest BCUT2D eigenvalue weighted by Gasteiger charge is -2.38. The second kappa shape index (κ2) is 7.61. The normalized spacial score (nSPS) is 31.3. The number of hydrogen-bond donors (Lipinski definition) is 2. The smallest absolute Gasteiger partial charge is 0.0613 e. The largest absolute Gasteiger partial charge is 0.394 e. The van der Waals surface area contributed by atoms with Crippen LogP contribution in [0, 0.1) is 0 Å². The summed E-state index contributed by atoms with van der Waals surface area (Å²) in [5, 5.41) is 13.8. The van der Waals surface area contributed by atoms with E-state index in [9.17, 15) is 5.11 Å². The maximum Gasteiger partial charge on any atom is 0.0613 e. The number of aliphatic hydroxyl groups excluding tert-OH is 1. The van der Waals surface area contributed by atoms with Gasteiger partial charge in [0.1, 0.15) is 0 Å². The van der Waals surface area contributed by atoms with Gasteiger partial charge in [-0.25, -0.2) is 0 Å². The predicted octanol–water partition coefficient (Wildman–Crippen LogP) is 2.54. The molecule has 19 heavy (non-hydrogen) atoms. The van der Waals surface area contributed by atoms with E-state index in [0.29, 0.717) is 12.6 Å². The molecule has 0 bridgehead atoms. The van der Waals surface area contributed by atoms with Crippen LogP contribution in [0.2, 0.25) is 0 Å². The van der Waals surface area contributed by atoms with Crippen LogP contribution in [0.4, 0.5) is 0 Å². The van der Waals surface area contributed by atoms with Crippen molar-refractivity contribution in [3.8, 4) is 0 Å². The summed E-state index contributed by atoms with van der Waals surface area (Å²) in [6.45, 7) is 6.13. The fraction of sp³-hybridized carbons (Fsp3) is 1.00. The third-order valence-corrected chi connectivity index (χ3v) is 4.99. The molecule has 1 saturated heterocycles. The lowest BCUT2D eigenvalue weighted by Crippen LogP contribution is -2.54. The van der Waals surface area contributed by atoms with Gasteiger partial charge < -0.3 is 15.3 Å². The Bertz CT molecular complexity index is 253. The van der Waals surface area contributed by atoms with Gasteiger partial charge in [-0.05, 0) is 58.2 Å². The van der Waals surface area contributed by atoms with Crippen molar-refractivity contribution in [2.75, 3.05) is 26.2 Å². The first-order valence-corrected chi connectivity index (χ1v) is 8.39. The Hall–Kier alpha value is -0.120. The molecule has 0 aromatic rings. The molecule has 112 valence electrons. The van der Waals surface area contributed by atoms with Crippen molar-refractivity contribution >= 4 is 0 Å². The van der Waals surface area contributed by atoms with Gasteiger partial charge in [-0.1, -0.05) is 26.2 Å². The first-order chi connectivity index (χ1) is 9.28. The highest BCUT2D eigenvalue weighted by Gasteiger charge is 2.34. The number of nitrogens with zero attached hydrogens (tertiary/aromatic N) is 1. The highest BCUT2D eigenvalue weighted by atomic mass is 16.3. The predicted molar refractivity (Wildman–Crippen MR) is 80.4 cm³/mol. The minimum absolute atomic E-state index is 0.00446. The molecule has 1 unspecified atom stereocenters. The molecule has 2 fully saturated rings. The molecular formula is C16H32N2O. The molecule has 0 spiro atoms. The number of rotatable bonds is 5. The van der Waals surface area contributed by atoms with Gasteiger partial charge in [0.05, 0.1) is 6.61 Å². The van der Waals surface area contributed by atoms with Crippen molar-refractivity contribution in [1.29, 1.82) is 0 Å². The van der Waals surface area contributed by atoms with E-state index in [2.05, 4.69) is 17.1 Å². The van der Waals surface area contributed by atoms with Crippen LogP contribution in [0.5, 0.6) is 0 Å². The Morgan fingerprint density at radius 1 is 1.11 bits per heavy atom. The van der Waals surface area contributed by atoms with Crippen LogP contribution in [0.3, 0.4) is 0 Å². The van der Waals surface area contributed by atoms with E-state index in [0.717, 1.165) is 19.4 Å². The molecule has 0 aromatic carbocycles. The van der Waals surface area contributed by atoms with Crippen molar-refractivity contribution in [3.05, 3.63) is 0 Å². The van der Waals surface area contributed by atoms with Gasteiger partial charge in [-0.2, -0.15) is 0 Å². The highest BCUT2D eigenvalue weighted by Crippen LogP contribution is 2.26. The second-order valence-electron chi connectivity index (χ2n) is 6.61. The molecule has 1 heterocycles. The molecule has 1 aliphatic carbocycles. The Morgan fingerprint density at radius 2 is 1.89 bits per heavy atom. The number of nitrogens with one attached hydrogen (secondary N) is 1. The number of aliphatic hydroxyl groups is 1. The molecule has 2 aliphatic rings. The van der Waals surface area contributed by atoms with Crippen LogP contribution in [-0.4, -0.2) is 47.8 Å². The van der Waals surface area contributed by atoms with Gasteiger partial charge in [0.15, 0.2) is 0 Å². The lowest BCUT2D eigenvalue weighted by atomic mass is 9.87. The fourth-order valence-corrected chi connectivity index (χ4v) is 3.82. The molecule has 1 aliphatic heterocycles. The van der Waals surface area contributed by atoms with Gasteiger partial charge >= 0.3 is 0 Å². The molecule has 3 nitrogen and oxygen atoms in total. The van der Waals surface area contributed by atoms with Crippen molar-refractivity contribution in [1.82, 2.24) is 10.2 Å². The quantitative estimate of drug-likeness (QED) is 0.804. The van der Waals surface area contributed by atoms with Crippen molar-refractivity contribution in [2.45, 2.75) is 76.3 Å². The van der Waals surface area contributed by atoms with Crippen molar-refractivity contribution < 1.29 is 5.11 Å². The summed E-state index contributed by atoms with van der Waals surface area (Å²) in [4.78, 5) is 2.57. The zero-order chi connectivity index (χ0) is 13.6. The van der Waals surface area contributed by atoms with Gasteiger partial charge in [0.2, 0.25) is 0 Å². The Kier molecular flexibility index (Phi) is 6.11. The van der Waals surface area contributed by atoms with E-state index < -0.39 is 0 Å². The van der Waals surface area contributed by atoms with E-state index >= 15 is 0 Å². The van der Waals surface area contributed by atoms with E-state index in [1.54, 1.807) is 0 Å². The van der Waals surface area contributed by atoms with Crippen LogP contribution < -0.4 is 5.32 Å². The first-order valence-electron chi connectivity index (χ1n) is 8.39. The van der Waals surface area contributed by atoms with E-state index in [1.807, 2.05) is 0 Å². The summed E-state index contributed by atoms with van der Waals surface area (Å²) in [6.07, 6.45) is 11.4. The van der Waals surface area contributed by atoms with Crippen LogP contribution >= 0.6 is 0 Å². The summed E-state index contributed by atoms with van der Waals surface area (Å²) in [7, 11) is 0. The Labute approximate surface area is 118 Å². The van der Waals surface area contributed by atoms with Gasteiger partial charge in [0.25, 0.3) is 0 Å². The zero-order valence-electron chi connectivity index (χ0n) is 12.7. The van der Waals surface area contributed by atoms with E-state index in [4.69, 9.17) is 0 Å². The van der Waals surface area contributed by atoms with E-state index in [1.165, 1.54) is 58.0 Å². The Balaban J connectivity index is 1.89. The fourth-order valence-electron chi connectivity index (χ4n) is 3.82. The minimum atomic E-state index is 0.00446. The van der Waals surface area contributed by atoms with Crippen LogP contribution in [0.25, 0.3) is 0 Å². The van der Waals surface area contributed by atoms with Crippen LogP contribution in [0.15, 0.2) is 0 Å². The maximum absolute atomic E-state index is 9.93. The first kappa shape index (κ1) is 15.3. The standard InChI is InChI=1S/C16H32N2O/c1-2-11-18-12-6-9-16(14-19,10-13-18)17-15-7-4-3-5-8-15/h15,17,19H,2-14H2,1H3. The molecule has 0 amide bonds. The van der Waals surface area contributed by atoms with Crippen molar-refractivity contribution in [2.24, 2.45) is 0 Å². The summed E-state index contributed by atoms with van der Waals surface area (Å²) in [5.74, 6) is 0. The van der Waals surface area contributed by atoms with E-state index in [-0.39, 0.29) is 5.54 Å². The number of hydrogen-bond acceptors (Lipinski definition) is 3. The van der Waals surface area contributed by atoms with Crippen molar-refractivity contribution in [3.63, 3.8) is 0 Å². The molecule has 1 saturated carbocycles. The molecule has 1 atom stereocenters. The topological polar surface area (TPSA) is 35.5 Å². The molecule has 0 radical (unpaired) electrons. The molecule has 2 rings (SSSR count). The third kappa shape index (κ3) is 4.44. The SMILES string of the molecule is CCCN1CCCC(CO)(NC2CCCCC2)CC1. The average molecular weight is 268 g/mol. The lowest BCUT2D eigenvalue weighted by molar-refractivity contribution is 0.121. The average Bonchev–Trinajstić information content (AvgIpc) is 2.64. The van der Waals surface area contributed by atoms with Gasteiger partial charge in [-0.3, -0.25) is 0 Å². The van der Waals surface area contributed by atoms with Gasteiger partial charge in [0, 0.05) is 11.6 Å². The minimum Gasteiger partial charge on any atom is -0.394 e. The molecule has 3 heteroatoms. The zero-order valence-corrected chi connectivity index (χ0v) is 12.7. The van der Waals surface area contributed by atoms with Crippen LogP contribution in [0.1, 0.15) is 64.7 Å². The highest BCUT2D eigenvalue weighted by molar-refractivity contribution is 4.94.